The molecule has 26 heavy (non-hydrogen) atoms. The number of nitrogens with zero attached hydrogens (tertiary/aromatic N) is 3. The SMILES string of the molecule is CC(c1cccc(F)c1)N1CCN(C(=O)c2cc(C(C)(C)C)[nH]n2)CC1. The van der Waals surface area contributed by atoms with E-state index in [4.69, 9.17) is 0 Å². The lowest BCUT2D eigenvalue weighted by atomic mass is 9.92. The van der Waals surface area contributed by atoms with Crippen LogP contribution in [-0.4, -0.2) is 52.1 Å². The maximum atomic E-state index is 13.5. The van der Waals surface area contributed by atoms with E-state index in [-0.39, 0.29) is 23.2 Å². The molecule has 1 aromatic carbocycles. The van der Waals surface area contributed by atoms with Crippen LogP contribution in [0.5, 0.6) is 0 Å². The number of amides is 1. The molecule has 0 saturated carbocycles. The van der Waals surface area contributed by atoms with E-state index in [1.165, 1.54) is 6.07 Å². The molecule has 1 atom stereocenters. The number of benzene rings is 1. The molecule has 2 heterocycles. The van der Waals surface area contributed by atoms with E-state index < -0.39 is 0 Å². The zero-order valence-electron chi connectivity index (χ0n) is 15.9. The molecule has 0 bridgehead atoms. The second kappa shape index (κ2) is 7.19. The number of carbonyl (C=O) groups is 1. The van der Waals surface area contributed by atoms with Gasteiger partial charge in [-0.3, -0.25) is 14.8 Å². The van der Waals surface area contributed by atoms with E-state index in [9.17, 15) is 9.18 Å². The summed E-state index contributed by atoms with van der Waals surface area (Å²) in [5.74, 6) is -0.244. The molecule has 1 unspecified atom stereocenters. The summed E-state index contributed by atoms with van der Waals surface area (Å²) < 4.78 is 13.5. The Labute approximate surface area is 154 Å². The fraction of sp³-hybridized carbons (Fsp3) is 0.500. The largest absolute Gasteiger partial charge is 0.335 e. The van der Waals surface area contributed by atoms with E-state index in [1.807, 2.05) is 17.0 Å². The summed E-state index contributed by atoms with van der Waals surface area (Å²) in [6, 6.07) is 8.71. The van der Waals surface area contributed by atoms with Crippen LogP contribution in [0.2, 0.25) is 0 Å². The second-order valence-corrected chi connectivity index (χ2v) is 7.98. The molecule has 1 fully saturated rings. The predicted octanol–water partition coefficient (Wildman–Crippen LogP) is 3.37. The van der Waals surface area contributed by atoms with Crippen LogP contribution in [-0.2, 0) is 5.41 Å². The van der Waals surface area contributed by atoms with Crippen molar-refractivity contribution in [1.29, 1.82) is 0 Å². The zero-order valence-corrected chi connectivity index (χ0v) is 15.9. The third-order valence-corrected chi connectivity index (χ3v) is 5.09. The van der Waals surface area contributed by atoms with E-state index >= 15 is 0 Å². The number of aromatic amines is 1. The molecule has 1 saturated heterocycles. The first kappa shape index (κ1) is 18.6. The summed E-state index contributed by atoms with van der Waals surface area (Å²) in [7, 11) is 0. The molecule has 0 aliphatic carbocycles. The minimum atomic E-state index is -0.212. The van der Waals surface area contributed by atoms with Crippen LogP contribution in [0, 0.1) is 5.82 Å². The molecule has 1 aliphatic rings. The van der Waals surface area contributed by atoms with E-state index in [0.29, 0.717) is 18.8 Å². The molecule has 5 nitrogen and oxygen atoms in total. The first-order chi connectivity index (χ1) is 12.3. The first-order valence-electron chi connectivity index (χ1n) is 9.10. The van der Waals surface area contributed by atoms with E-state index in [2.05, 4.69) is 42.8 Å². The average molecular weight is 358 g/mol. The molecule has 140 valence electrons. The topological polar surface area (TPSA) is 52.2 Å². The van der Waals surface area contributed by atoms with Gasteiger partial charge in [-0.2, -0.15) is 5.10 Å². The van der Waals surface area contributed by atoms with Crippen molar-refractivity contribution in [3.8, 4) is 0 Å². The smallest absolute Gasteiger partial charge is 0.274 e. The van der Waals surface area contributed by atoms with Crippen LogP contribution < -0.4 is 0 Å². The van der Waals surface area contributed by atoms with Crippen molar-refractivity contribution in [1.82, 2.24) is 20.0 Å². The number of halogens is 1. The third kappa shape index (κ3) is 3.96. The van der Waals surface area contributed by atoms with Gasteiger partial charge < -0.3 is 4.90 Å². The van der Waals surface area contributed by atoms with Crippen molar-refractivity contribution in [2.75, 3.05) is 26.2 Å². The summed E-state index contributed by atoms with van der Waals surface area (Å²) in [6.07, 6.45) is 0. The summed E-state index contributed by atoms with van der Waals surface area (Å²) >= 11 is 0. The lowest BCUT2D eigenvalue weighted by molar-refractivity contribution is 0.0576. The van der Waals surface area contributed by atoms with Gasteiger partial charge in [0.2, 0.25) is 0 Å². The zero-order chi connectivity index (χ0) is 18.9. The van der Waals surface area contributed by atoms with Gasteiger partial charge in [-0.1, -0.05) is 32.9 Å². The minimum absolute atomic E-state index is 0.0326. The number of nitrogens with one attached hydrogen (secondary N) is 1. The van der Waals surface area contributed by atoms with Gasteiger partial charge in [-0.25, -0.2) is 4.39 Å². The van der Waals surface area contributed by atoms with Gasteiger partial charge in [0, 0.05) is 43.3 Å². The summed E-state index contributed by atoms with van der Waals surface area (Å²) in [6.45, 7) is 11.2. The highest BCUT2D eigenvalue weighted by Crippen LogP contribution is 2.24. The van der Waals surface area contributed by atoms with Gasteiger partial charge in [0.1, 0.15) is 11.5 Å². The predicted molar refractivity (Wildman–Crippen MR) is 99.6 cm³/mol. The third-order valence-electron chi connectivity index (χ3n) is 5.09. The summed E-state index contributed by atoms with van der Waals surface area (Å²) in [4.78, 5) is 16.8. The minimum Gasteiger partial charge on any atom is -0.335 e. The number of hydrogen-bond acceptors (Lipinski definition) is 3. The van der Waals surface area contributed by atoms with E-state index in [1.54, 1.807) is 12.1 Å². The Bertz CT molecular complexity index is 772. The van der Waals surface area contributed by atoms with E-state index in [0.717, 1.165) is 24.3 Å². The van der Waals surface area contributed by atoms with Crippen LogP contribution in [0.25, 0.3) is 0 Å². The fourth-order valence-corrected chi connectivity index (χ4v) is 3.27. The van der Waals surface area contributed by atoms with Crippen molar-refractivity contribution in [3.63, 3.8) is 0 Å². The van der Waals surface area contributed by atoms with Crippen molar-refractivity contribution < 1.29 is 9.18 Å². The highest BCUT2D eigenvalue weighted by atomic mass is 19.1. The molecular formula is C20H27FN4O. The number of carbonyl (C=O) groups excluding carboxylic acids is 1. The molecule has 3 rings (SSSR count). The van der Waals surface area contributed by atoms with Gasteiger partial charge >= 0.3 is 0 Å². The normalized spacial score (nSPS) is 17.3. The summed E-state index contributed by atoms with van der Waals surface area (Å²) in [5.41, 5.74) is 2.33. The van der Waals surface area contributed by atoms with Crippen LogP contribution in [0.15, 0.2) is 30.3 Å². The first-order valence-corrected chi connectivity index (χ1v) is 9.10. The van der Waals surface area contributed by atoms with Crippen LogP contribution >= 0.6 is 0 Å². The number of H-pyrrole nitrogens is 1. The lowest BCUT2D eigenvalue weighted by Crippen LogP contribution is -2.49. The Morgan fingerprint density at radius 2 is 1.88 bits per heavy atom. The van der Waals surface area contributed by atoms with Crippen molar-refractivity contribution in [3.05, 3.63) is 53.1 Å². The molecule has 1 aliphatic heterocycles. The highest BCUT2D eigenvalue weighted by Gasteiger charge is 2.27. The van der Waals surface area contributed by atoms with Gasteiger partial charge in [-0.05, 0) is 30.7 Å². The Balaban J connectivity index is 1.61. The van der Waals surface area contributed by atoms with Crippen molar-refractivity contribution >= 4 is 5.91 Å². The Kier molecular flexibility index (Phi) is 5.14. The monoisotopic (exact) mass is 358 g/mol. The average Bonchev–Trinajstić information content (AvgIpc) is 3.11. The molecule has 6 heteroatoms. The Hall–Kier alpha value is -2.21. The molecule has 1 N–H and O–H groups in total. The quantitative estimate of drug-likeness (QED) is 0.915. The van der Waals surface area contributed by atoms with Crippen LogP contribution in [0.4, 0.5) is 4.39 Å². The Morgan fingerprint density at radius 3 is 2.46 bits per heavy atom. The number of aromatic nitrogens is 2. The number of rotatable bonds is 3. The Morgan fingerprint density at radius 1 is 1.19 bits per heavy atom. The molecule has 1 amide bonds. The fourth-order valence-electron chi connectivity index (χ4n) is 3.27. The number of piperazine rings is 1. The van der Waals surface area contributed by atoms with Crippen LogP contribution in [0.1, 0.15) is 55.5 Å². The molecular weight excluding hydrogens is 331 g/mol. The maximum Gasteiger partial charge on any atom is 0.274 e. The number of hydrogen-bond donors (Lipinski definition) is 1. The van der Waals surface area contributed by atoms with Crippen molar-refractivity contribution in [2.24, 2.45) is 0 Å². The standard InChI is InChI=1S/C20H27FN4O/c1-14(15-6-5-7-16(21)12-15)24-8-10-25(11-9-24)19(26)17-13-18(23-22-17)20(2,3)4/h5-7,12-14H,8-11H2,1-4H3,(H,22,23). The summed E-state index contributed by atoms with van der Waals surface area (Å²) in [5, 5.41) is 7.17. The van der Waals surface area contributed by atoms with Gasteiger partial charge in [0.25, 0.3) is 5.91 Å². The molecule has 1 aromatic heterocycles. The van der Waals surface area contributed by atoms with Gasteiger partial charge in [0.15, 0.2) is 0 Å². The maximum absolute atomic E-state index is 13.5. The molecule has 0 radical (unpaired) electrons. The van der Waals surface area contributed by atoms with Gasteiger partial charge in [0.05, 0.1) is 0 Å². The van der Waals surface area contributed by atoms with Gasteiger partial charge in [-0.15, -0.1) is 0 Å². The molecule has 2 aromatic rings. The van der Waals surface area contributed by atoms with Crippen LogP contribution in [0.3, 0.4) is 0 Å². The molecule has 0 spiro atoms. The lowest BCUT2D eigenvalue weighted by Gasteiger charge is -2.38. The van der Waals surface area contributed by atoms with Crippen molar-refractivity contribution in [2.45, 2.75) is 39.2 Å². The second-order valence-electron chi connectivity index (χ2n) is 7.98. The highest BCUT2D eigenvalue weighted by molar-refractivity contribution is 5.92.